The molecule has 2 aromatic rings. The van der Waals surface area contributed by atoms with Crippen LogP contribution in [0.25, 0.3) is 0 Å². The number of esters is 2. The third-order valence-corrected chi connectivity index (χ3v) is 4.21. The molecular weight excluding hydrogens is 362 g/mol. The molecule has 7 nitrogen and oxygen atoms in total. The summed E-state index contributed by atoms with van der Waals surface area (Å²) < 4.78 is 10.5. The molecule has 0 aromatic heterocycles. The van der Waals surface area contributed by atoms with Gasteiger partial charge in [-0.1, -0.05) is 44.0 Å². The number of nitro groups is 1. The molecular formula is C21H23NO6. The topological polar surface area (TPSA) is 95.7 Å². The summed E-state index contributed by atoms with van der Waals surface area (Å²) >= 11 is 0. The highest BCUT2D eigenvalue weighted by molar-refractivity contribution is 6.03. The molecule has 0 saturated heterocycles. The van der Waals surface area contributed by atoms with Crippen molar-refractivity contribution in [2.75, 3.05) is 6.61 Å². The molecule has 0 amide bonds. The van der Waals surface area contributed by atoms with Crippen LogP contribution in [0.15, 0.2) is 42.5 Å². The Hall–Kier alpha value is -3.22. The van der Waals surface area contributed by atoms with E-state index in [-0.39, 0.29) is 35.6 Å². The minimum Gasteiger partial charge on any atom is -0.462 e. The molecule has 0 aliphatic rings. The summed E-state index contributed by atoms with van der Waals surface area (Å²) in [6.45, 7) is 3.68. The van der Waals surface area contributed by atoms with Crippen LogP contribution in [0.5, 0.6) is 0 Å². The molecule has 148 valence electrons. The predicted molar refractivity (Wildman–Crippen MR) is 103 cm³/mol. The Kier molecular flexibility index (Phi) is 7.68. The highest BCUT2D eigenvalue weighted by Crippen LogP contribution is 2.24. The number of para-hydroxylation sites is 1. The number of hydrogen-bond donors (Lipinski definition) is 0. The van der Waals surface area contributed by atoms with Crippen LogP contribution in [-0.2, 0) is 16.1 Å². The van der Waals surface area contributed by atoms with Gasteiger partial charge in [0.15, 0.2) is 0 Å². The van der Waals surface area contributed by atoms with Crippen LogP contribution in [0.1, 0.15) is 58.0 Å². The third-order valence-electron chi connectivity index (χ3n) is 4.21. The standard InChI is InChI=1S/C21H23NO6/c1-3-4-7-13-27-20(23)17-11-5-6-12-18(17)21(24)28-14-16-10-8-9-15(2)19(16)22(25)26/h5-6,8-12H,3-4,7,13-14H2,1-2H3. The van der Waals surface area contributed by atoms with Crippen LogP contribution in [0.4, 0.5) is 5.69 Å². The zero-order chi connectivity index (χ0) is 20.5. The van der Waals surface area contributed by atoms with Crippen LogP contribution in [0.3, 0.4) is 0 Å². The molecule has 0 aliphatic carbocycles. The molecule has 0 saturated carbocycles. The molecule has 0 heterocycles. The van der Waals surface area contributed by atoms with Crippen molar-refractivity contribution in [3.05, 3.63) is 74.8 Å². The molecule has 2 rings (SSSR count). The Morgan fingerprint density at radius 2 is 1.61 bits per heavy atom. The number of unbranched alkanes of at least 4 members (excludes halogenated alkanes) is 2. The van der Waals surface area contributed by atoms with Crippen molar-refractivity contribution >= 4 is 17.6 Å². The van der Waals surface area contributed by atoms with Gasteiger partial charge in [-0.2, -0.15) is 0 Å². The second-order valence-electron chi connectivity index (χ2n) is 6.30. The van der Waals surface area contributed by atoms with Crippen molar-refractivity contribution in [2.24, 2.45) is 0 Å². The summed E-state index contributed by atoms with van der Waals surface area (Å²) in [6, 6.07) is 11.0. The number of carbonyl (C=O) groups is 2. The predicted octanol–water partition coefficient (Wildman–Crippen LogP) is 4.61. The van der Waals surface area contributed by atoms with E-state index in [1.54, 1.807) is 31.2 Å². The molecule has 2 aromatic carbocycles. The Bertz CT molecular complexity index is 862. The van der Waals surface area contributed by atoms with Crippen LogP contribution < -0.4 is 0 Å². The second-order valence-corrected chi connectivity index (χ2v) is 6.30. The van der Waals surface area contributed by atoms with Gasteiger partial charge in [0.1, 0.15) is 6.61 Å². The number of nitrogens with zero attached hydrogens (tertiary/aromatic N) is 1. The lowest BCUT2D eigenvalue weighted by Gasteiger charge is -2.10. The number of benzene rings is 2. The first-order chi connectivity index (χ1) is 13.5. The lowest BCUT2D eigenvalue weighted by molar-refractivity contribution is -0.386. The highest BCUT2D eigenvalue weighted by atomic mass is 16.6. The maximum atomic E-state index is 12.5. The largest absolute Gasteiger partial charge is 0.462 e. The fraction of sp³-hybridized carbons (Fsp3) is 0.333. The van der Waals surface area contributed by atoms with Crippen molar-refractivity contribution < 1.29 is 24.0 Å². The molecule has 0 unspecified atom stereocenters. The minimum atomic E-state index is -0.739. The van der Waals surface area contributed by atoms with Gasteiger partial charge in [0.25, 0.3) is 5.69 Å². The van der Waals surface area contributed by atoms with E-state index in [0.717, 1.165) is 19.3 Å². The summed E-state index contributed by atoms with van der Waals surface area (Å²) in [4.78, 5) is 35.5. The fourth-order valence-corrected chi connectivity index (χ4v) is 2.75. The van der Waals surface area contributed by atoms with Gasteiger partial charge >= 0.3 is 11.9 Å². The fourth-order valence-electron chi connectivity index (χ4n) is 2.75. The monoisotopic (exact) mass is 385 g/mol. The maximum Gasteiger partial charge on any atom is 0.339 e. The van der Waals surface area contributed by atoms with Crippen molar-refractivity contribution in [2.45, 2.75) is 39.7 Å². The van der Waals surface area contributed by atoms with E-state index in [1.807, 2.05) is 6.92 Å². The van der Waals surface area contributed by atoms with Crippen molar-refractivity contribution in [1.82, 2.24) is 0 Å². The molecule has 0 N–H and O–H groups in total. The summed E-state index contributed by atoms with van der Waals surface area (Å²) in [5.74, 6) is -1.33. The van der Waals surface area contributed by atoms with Gasteiger partial charge in [0.05, 0.1) is 28.2 Å². The Balaban J connectivity index is 2.11. The number of aryl methyl sites for hydroxylation is 1. The van der Waals surface area contributed by atoms with Gasteiger partial charge in [-0.05, 0) is 31.5 Å². The van der Waals surface area contributed by atoms with Gasteiger partial charge < -0.3 is 9.47 Å². The number of ether oxygens (including phenoxy) is 2. The second kappa shape index (κ2) is 10.2. The summed E-state index contributed by atoms with van der Waals surface area (Å²) in [6.07, 6.45) is 2.71. The van der Waals surface area contributed by atoms with Gasteiger partial charge in [-0.3, -0.25) is 10.1 Å². The molecule has 0 fully saturated rings. The SMILES string of the molecule is CCCCCOC(=O)c1ccccc1C(=O)OCc1cccc(C)c1[N+](=O)[O-]. The number of carbonyl (C=O) groups excluding carboxylic acids is 2. The van der Waals surface area contributed by atoms with Gasteiger partial charge in [-0.15, -0.1) is 0 Å². The van der Waals surface area contributed by atoms with E-state index in [4.69, 9.17) is 9.47 Å². The average Bonchev–Trinajstić information content (AvgIpc) is 2.69. The first-order valence-electron chi connectivity index (χ1n) is 9.11. The van der Waals surface area contributed by atoms with Gasteiger partial charge in [0, 0.05) is 5.56 Å². The minimum absolute atomic E-state index is 0.0679. The first kappa shape index (κ1) is 21.1. The van der Waals surface area contributed by atoms with Crippen LogP contribution in [0.2, 0.25) is 0 Å². The summed E-state index contributed by atoms with van der Waals surface area (Å²) in [5, 5.41) is 11.3. The first-order valence-corrected chi connectivity index (χ1v) is 9.11. The smallest absolute Gasteiger partial charge is 0.339 e. The van der Waals surface area contributed by atoms with E-state index >= 15 is 0 Å². The van der Waals surface area contributed by atoms with E-state index in [1.165, 1.54) is 18.2 Å². The lowest BCUT2D eigenvalue weighted by atomic mass is 10.1. The highest BCUT2D eigenvalue weighted by Gasteiger charge is 2.21. The number of rotatable bonds is 9. The quantitative estimate of drug-likeness (QED) is 0.271. The molecule has 0 bridgehead atoms. The van der Waals surface area contributed by atoms with E-state index in [2.05, 4.69) is 0 Å². The molecule has 0 radical (unpaired) electrons. The van der Waals surface area contributed by atoms with Crippen molar-refractivity contribution in [1.29, 1.82) is 0 Å². The zero-order valence-corrected chi connectivity index (χ0v) is 16.0. The van der Waals surface area contributed by atoms with Gasteiger partial charge in [0.2, 0.25) is 0 Å². The number of nitro benzene ring substituents is 1. The molecule has 0 spiro atoms. The summed E-state index contributed by atoms with van der Waals surface area (Å²) in [7, 11) is 0. The van der Waals surface area contributed by atoms with E-state index < -0.39 is 16.9 Å². The van der Waals surface area contributed by atoms with Gasteiger partial charge in [-0.25, -0.2) is 9.59 Å². The van der Waals surface area contributed by atoms with E-state index in [9.17, 15) is 19.7 Å². The van der Waals surface area contributed by atoms with Crippen LogP contribution in [-0.4, -0.2) is 23.5 Å². The maximum absolute atomic E-state index is 12.5. The van der Waals surface area contributed by atoms with Crippen LogP contribution in [0, 0.1) is 17.0 Å². The molecule has 0 aliphatic heterocycles. The Morgan fingerprint density at radius 1 is 0.964 bits per heavy atom. The Labute approximate surface area is 163 Å². The zero-order valence-electron chi connectivity index (χ0n) is 16.0. The average molecular weight is 385 g/mol. The normalized spacial score (nSPS) is 10.4. The van der Waals surface area contributed by atoms with Crippen LogP contribution >= 0.6 is 0 Å². The number of hydrogen-bond acceptors (Lipinski definition) is 6. The third kappa shape index (κ3) is 5.39. The van der Waals surface area contributed by atoms with Crippen molar-refractivity contribution in [3.63, 3.8) is 0 Å². The van der Waals surface area contributed by atoms with E-state index in [0.29, 0.717) is 5.56 Å². The summed E-state index contributed by atoms with van der Waals surface area (Å²) in [5.41, 5.74) is 0.868. The molecule has 0 atom stereocenters. The Morgan fingerprint density at radius 3 is 2.21 bits per heavy atom. The molecule has 28 heavy (non-hydrogen) atoms. The van der Waals surface area contributed by atoms with Crippen molar-refractivity contribution in [3.8, 4) is 0 Å². The lowest BCUT2D eigenvalue weighted by Crippen LogP contribution is -2.14. The molecule has 7 heteroatoms.